The van der Waals surface area contributed by atoms with Gasteiger partial charge in [-0.1, -0.05) is 6.92 Å². The fraction of sp³-hybridized carbons (Fsp3) is 0.786. The van der Waals surface area contributed by atoms with E-state index in [-0.39, 0.29) is 0 Å². The van der Waals surface area contributed by atoms with Crippen LogP contribution in [0.15, 0.2) is 0 Å². The van der Waals surface area contributed by atoms with E-state index in [4.69, 9.17) is 9.72 Å². The summed E-state index contributed by atoms with van der Waals surface area (Å²) in [6.45, 7) is 9.10. The SMILES string of the molecule is CCCNCc1sc(N2CCN(C)CC2)nc1COC. The normalized spacial score (nSPS) is 16.9. The summed E-state index contributed by atoms with van der Waals surface area (Å²) in [5.74, 6) is 0. The molecule has 0 saturated carbocycles. The van der Waals surface area contributed by atoms with Gasteiger partial charge in [0.15, 0.2) is 5.13 Å². The van der Waals surface area contributed by atoms with Gasteiger partial charge in [-0.05, 0) is 20.0 Å². The summed E-state index contributed by atoms with van der Waals surface area (Å²) in [5.41, 5.74) is 1.09. The molecule has 6 heteroatoms. The van der Waals surface area contributed by atoms with E-state index >= 15 is 0 Å². The van der Waals surface area contributed by atoms with E-state index in [1.54, 1.807) is 7.11 Å². The molecule has 1 aromatic heterocycles. The molecule has 0 radical (unpaired) electrons. The first-order valence-electron chi connectivity index (χ1n) is 7.36. The average molecular weight is 298 g/mol. The quantitative estimate of drug-likeness (QED) is 0.773. The molecule has 114 valence electrons. The summed E-state index contributed by atoms with van der Waals surface area (Å²) in [4.78, 5) is 10.9. The Hall–Kier alpha value is -0.690. The summed E-state index contributed by atoms with van der Waals surface area (Å²) in [6, 6.07) is 0. The van der Waals surface area contributed by atoms with E-state index in [2.05, 4.69) is 29.1 Å². The van der Waals surface area contributed by atoms with Crippen molar-refractivity contribution in [3.05, 3.63) is 10.6 Å². The molecule has 20 heavy (non-hydrogen) atoms. The number of methoxy groups -OCH3 is 1. The molecule has 0 bridgehead atoms. The first-order chi connectivity index (χ1) is 9.74. The highest BCUT2D eigenvalue weighted by Gasteiger charge is 2.19. The summed E-state index contributed by atoms with van der Waals surface area (Å²) >= 11 is 1.81. The number of hydrogen-bond donors (Lipinski definition) is 1. The lowest BCUT2D eigenvalue weighted by atomic mass is 10.3. The van der Waals surface area contributed by atoms with Crippen molar-refractivity contribution in [2.45, 2.75) is 26.5 Å². The van der Waals surface area contributed by atoms with Gasteiger partial charge < -0.3 is 19.9 Å². The number of anilines is 1. The summed E-state index contributed by atoms with van der Waals surface area (Å²) < 4.78 is 5.28. The Kier molecular flexibility index (Phi) is 6.22. The third-order valence-corrected chi connectivity index (χ3v) is 4.69. The number of nitrogens with one attached hydrogen (secondary N) is 1. The van der Waals surface area contributed by atoms with E-state index in [9.17, 15) is 0 Å². The number of piperazine rings is 1. The van der Waals surface area contributed by atoms with E-state index in [1.165, 1.54) is 4.88 Å². The predicted octanol–water partition coefficient (Wildman–Crippen LogP) is 1.54. The summed E-state index contributed by atoms with van der Waals surface area (Å²) in [6.07, 6.45) is 1.16. The van der Waals surface area contributed by atoms with Gasteiger partial charge in [-0.3, -0.25) is 0 Å². The number of thiazole rings is 1. The number of ether oxygens (including phenoxy) is 1. The van der Waals surface area contributed by atoms with E-state index in [1.807, 2.05) is 11.3 Å². The molecular weight excluding hydrogens is 272 g/mol. The van der Waals surface area contributed by atoms with Crippen LogP contribution in [0.25, 0.3) is 0 Å². The van der Waals surface area contributed by atoms with Gasteiger partial charge in [0.2, 0.25) is 0 Å². The first-order valence-corrected chi connectivity index (χ1v) is 8.18. The summed E-state index contributed by atoms with van der Waals surface area (Å²) in [7, 11) is 3.91. The van der Waals surface area contributed by atoms with Crippen LogP contribution in [0.2, 0.25) is 0 Å². The van der Waals surface area contributed by atoms with Crippen LogP contribution in [0.3, 0.4) is 0 Å². The van der Waals surface area contributed by atoms with Crippen molar-refractivity contribution in [3.8, 4) is 0 Å². The monoisotopic (exact) mass is 298 g/mol. The van der Waals surface area contributed by atoms with Crippen LogP contribution in [-0.4, -0.2) is 56.8 Å². The first kappa shape index (κ1) is 15.7. The molecule has 1 fully saturated rings. The topological polar surface area (TPSA) is 40.6 Å². The lowest BCUT2D eigenvalue weighted by Crippen LogP contribution is -2.44. The maximum Gasteiger partial charge on any atom is 0.186 e. The largest absolute Gasteiger partial charge is 0.378 e. The average Bonchev–Trinajstić information content (AvgIpc) is 2.84. The molecular formula is C14H26N4OS. The Morgan fingerprint density at radius 3 is 2.70 bits per heavy atom. The van der Waals surface area contributed by atoms with Gasteiger partial charge in [0.05, 0.1) is 12.3 Å². The molecule has 0 aliphatic carbocycles. The van der Waals surface area contributed by atoms with Gasteiger partial charge in [0.1, 0.15) is 0 Å². The summed E-state index contributed by atoms with van der Waals surface area (Å²) in [5, 5.41) is 4.61. The molecule has 0 amide bonds. The Bertz CT molecular complexity index is 402. The molecule has 1 saturated heterocycles. The lowest BCUT2D eigenvalue weighted by Gasteiger charge is -2.32. The number of aromatic nitrogens is 1. The van der Waals surface area contributed by atoms with Crippen LogP contribution in [-0.2, 0) is 17.9 Å². The maximum atomic E-state index is 5.28. The second-order valence-corrected chi connectivity index (χ2v) is 6.33. The second-order valence-electron chi connectivity index (χ2n) is 5.27. The molecule has 0 atom stereocenters. The fourth-order valence-electron chi connectivity index (χ4n) is 2.27. The van der Waals surface area contributed by atoms with Crippen LogP contribution < -0.4 is 10.2 Å². The van der Waals surface area contributed by atoms with Gasteiger partial charge in [-0.15, -0.1) is 11.3 Å². The van der Waals surface area contributed by atoms with Crippen molar-refractivity contribution in [2.75, 3.05) is 51.8 Å². The number of rotatable bonds is 7. The highest BCUT2D eigenvalue weighted by Crippen LogP contribution is 2.27. The Morgan fingerprint density at radius 2 is 2.05 bits per heavy atom. The third-order valence-electron chi connectivity index (χ3n) is 3.53. The molecule has 2 heterocycles. The minimum atomic E-state index is 0.605. The second kappa shape index (κ2) is 7.93. The van der Waals surface area contributed by atoms with Crippen molar-refractivity contribution in [3.63, 3.8) is 0 Å². The smallest absolute Gasteiger partial charge is 0.186 e. The van der Waals surface area contributed by atoms with Gasteiger partial charge in [-0.2, -0.15) is 0 Å². The molecule has 0 aromatic carbocycles. The molecule has 0 spiro atoms. The van der Waals surface area contributed by atoms with Crippen LogP contribution in [0.5, 0.6) is 0 Å². The molecule has 2 rings (SSSR count). The Balaban J connectivity index is 2.03. The van der Waals surface area contributed by atoms with Gasteiger partial charge in [-0.25, -0.2) is 4.98 Å². The zero-order valence-electron chi connectivity index (χ0n) is 12.8. The maximum absolute atomic E-state index is 5.28. The third kappa shape index (κ3) is 4.15. The zero-order chi connectivity index (χ0) is 14.4. The zero-order valence-corrected chi connectivity index (χ0v) is 13.6. The lowest BCUT2D eigenvalue weighted by molar-refractivity contribution is 0.181. The van der Waals surface area contributed by atoms with Crippen molar-refractivity contribution in [1.82, 2.24) is 15.2 Å². The van der Waals surface area contributed by atoms with Crippen molar-refractivity contribution >= 4 is 16.5 Å². The minimum absolute atomic E-state index is 0.605. The minimum Gasteiger partial charge on any atom is -0.378 e. The van der Waals surface area contributed by atoms with Crippen molar-refractivity contribution in [1.29, 1.82) is 0 Å². The molecule has 5 nitrogen and oxygen atoms in total. The molecule has 1 aromatic rings. The van der Waals surface area contributed by atoms with Crippen LogP contribution in [0.1, 0.15) is 23.9 Å². The molecule has 1 N–H and O–H groups in total. The van der Waals surface area contributed by atoms with Crippen molar-refractivity contribution < 1.29 is 4.74 Å². The highest BCUT2D eigenvalue weighted by molar-refractivity contribution is 7.15. The van der Waals surface area contributed by atoms with Crippen molar-refractivity contribution in [2.24, 2.45) is 0 Å². The van der Waals surface area contributed by atoms with Gasteiger partial charge in [0.25, 0.3) is 0 Å². The number of hydrogen-bond acceptors (Lipinski definition) is 6. The molecule has 0 unspecified atom stereocenters. The Morgan fingerprint density at radius 1 is 1.30 bits per heavy atom. The highest BCUT2D eigenvalue weighted by atomic mass is 32.1. The number of nitrogens with zero attached hydrogens (tertiary/aromatic N) is 3. The number of likely N-dealkylation sites (N-methyl/N-ethyl adjacent to an activating group) is 1. The fourth-order valence-corrected chi connectivity index (χ4v) is 3.35. The molecule has 1 aliphatic heterocycles. The van der Waals surface area contributed by atoms with E-state index in [0.29, 0.717) is 6.61 Å². The van der Waals surface area contributed by atoms with Gasteiger partial charge >= 0.3 is 0 Å². The standard InChI is InChI=1S/C14H26N4OS/c1-4-5-15-10-13-12(11-19-3)16-14(20-13)18-8-6-17(2)7-9-18/h15H,4-11H2,1-3H3. The van der Waals surface area contributed by atoms with E-state index < -0.39 is 0 Å². The van der Waals surface area contributed by atoms with E-state index in [0.717, 1.165) is 56.5 Å². The van der Waals surface area contributed by atoms with Gasteiger partial charge in [0, 0.05) is 44.7 Å². The molecule has 1 aliphatic rings. The Labute approximate surface area is 125 Å². The van der Waals surface area contributed by atoms with Crippen LogP contribution in [0.4, 0.5) is 5.13 Å². The van der Waals surface area contributed by atoms with Crippen LogP contribution >= 0.6 is 11.3 Å². The van der Waals surface area contributed by atoms with Crippen LogP contribution in [0, 0.1) is 0 Å². The predicted molar refractivity (Wildman–Crippen MR) is 84.5 cm³/mol.